The molecule has 1 fully saturated rings. The lowest BCUT2D eigenvalue weighted by Gasteiger charge is -2.24. The molecule has 0 saturated carbocycles. The molecule has 3 rings (SSSR count). The van der Waals surface area contributed by atoms with Crippen LogP contribution in [0.5, 0.6) is 0 Å². The fourth-order valence-corrected chi connectivity index (χ4v) is 4.08. The van der Waals surface area contributed by atoms with Crippen LogP contribution < -0.4 is 5.32 Å². The number of nitrogens with zero attached hydrogens (tertiary/aromatic N) is 2. The number of benzene rings is 1. The van der Waals surface area contributed by atoms with E-state index in [1.165, 1.54) is 0 Å². The largest absolute Gasteiger partial charge is 0.462 e. The van der Waals surface area contributed by atoms with Crippen molar-refractivity contribution >= 4 is 29.4 Å². The van der Waals surface area contributed by atoms with Crippen LogP contribution in [-0.2, 0) is 11.8 Å². The van der Waals surface area contributed by atoms with E-state index in [-0.39, 0.29) is 17.4 Å². The van der Waals surface area contributed by atoms with Gasteiger partial charge in [0.25, 0.3) is 0 Å². The number of aromatic nitrogens is 1. The molecule has 1 saturated heterocycles. The molecular formula is C18H21N3O3S. The number of aryl methyl sites for hydroxylation is 1. The number of thioether (sulfide) groups is 1. The van der Waals surface area contributed by atoms with Gasteiger partial charge in [-0.2, -0.15) is 0 Å². The fraction of sp³-hybridized carbons (Fsp3) is 0.333. The highest BCUT2D eigenvalue weighted by molar-refractivity contribution is 7.99. The highest BCUT2D eigenvalue weighted by Gasteiger charge is 2.32. The van der Waals surface area contributed by atoms with Gasteiger partial charge in [0.1, 0.15) is 5.37 Å². The molecule has 1 aliphatic heterocycles. The molecule has 0 spiro atoms. The van der Waals surface area contributed by atoms with Crippen LogP contribution >= 0.6 is 11.8 Å². The molecule has 2 amide bonds. The minimum atomic E-state index is -0.361. The van der Waals surface area contributed by atoms with Gasteiger partial charge in [-0.25, -0.2) is 9.59 Å². The van der Waals surface area contributed by atoms with Gasteiger partial charge in [-0.05, 0) is 43.3 Å². The summed E-state index contributed by atoms with van der Waals surface area (Å²) in [5, 5.41) is 2.92. The highest BCUT2D eigenvalue weighted by atomic mass is 32.2. The molecule has 1 aromatic heterocycles. The van der Waals surface area contributed by atoms with Gasteiger partial charge in [-0.1, -0.05) is 0 Å². The number of esters is 1. The number of carbonyl (C=O) groups is 2. The van der Waals surface area contributed by atoms with E-state index >= 15 is 0 Å². The van der Waals surface area contributed by atoms with Crippen LogP contribution in [0.25, 0.3) is 0 Å². The Hall–Kier alpha value is -2.41. The van der Waals surface area contributed by atoms with Crippen LogP contribution in [-0.4, -0.2) is 40.4 Å². The monoisotopic (exact) mass is 359 g/mol. The maximum absolute atomic E-state index is 12.7. The predicted octanol–water partition coefficient (Wildman–Crippen LogP) is 3.48. The second kappa shape index (κ2) is 7.65. The molecule has 0 radical (unpaired) electrons. The summed E-state index contributed by atoms with van der Waals surface area (Å²) >= 11 is 1.76. The van der Waals surface area contributed by atoms with E-state index in [0.29, 0.717) is 24.4 Å². The molecule has 0 unspecified atom stereocenters. The van der Waals surface area contributed by atoms with Gasteiger partial charge < -0.3 is 19.5 Å². The number of hydrogen-bond acceptors (Lipinski definition) is 4. The summed E-state index contributed by atoms with van der Waals surface area (Å²) in [7, 11) is 1.98. The van der Waals surface area contributed by atoms with Crippen molar-refractivity contribution in [3.05, 3.63) is 53.9 Å². The number of amides is 2. The summed E-state index contributed by atoms with van der Waals surface area (Å²) in [5.74, 6) is 0.547. The summed E-state index contributed by atoms with van der Waals surface area (Å²) in [6.07, 6.45) is 1.98. The number of hydrogen-bond donors (Lipinski definition) is 1. The Morgan fingerprint density at radius 3 is 2.68 bits per heavy atom. The van der Waals surface area contributed by atoms with Crippen LogP contribution in [0.1, 0.15) is 28.3 Å². The number of nitrogens with one attached hydrogen (secondary N) is 1. The molecule has 132 valence electrons. The van der Waals surface area contributed by atoms with E-state index in [9.17, 15) is 9.59 Å². The maximum atomic E-state index is 12.7. The Kier molecular flexibility index (Phi) is 5.33. The van der Waals surface area contributed by atoms with Gasteiger partial charge in [0.15, 0.2) is 0 Å². The van der Waals surface area contributed by atoms with Crippen molar-refractivity contribution in [3.8, 4) is 0 Å². The molecule has 2 heterocycles. The molecule has 0 aliphatic carbocycles. The van der Waals surface area contributed by atoms with Crippen LogP contribution in [0.3, 0.4) is 0 Å². The summed E-state index contributed by atoms with van der Waals surface area (Å²) in [6, 6.07) is 10.6. The van der Waals surface area contributed by atoms with Gasteiger partial charge in [-0.3, -0.25) is 0 Å². The quantitative estimate of drug-likeness (QED) is 0.849. The first-order valence-corrected chi connectivity index (χ1v) is 9.22. The highest BCUT2D eigenvalue weighted by Crippen LogP contribution is 2.38. The van der Waals surface area contributed by atoms with Crippen molar-refractivity contribution in [3.63, 3.8) is 0 Å². The van der Waals surface area contributed by atoms with Gasteiger partial charge in [-0.15, -0.1) is 11.8 Å². The predicted molar refractivity (Wildman–Crippen MR) is 98.7 cm³/mol. The minimum absolute atomic E-state index is 0.0128. The third kappa shape index (κ3) is 3.82. The van der Waals surface area contributed by atoms with Crippen molar-refractivity contribution in [2.24, 2.45) is 7.05 Å². The molecule has 1 atom stereocenters. The molecule has 7 heteroatoms. The number of carbonyl (C=O) groups excluding carboxylic acids is 2. The number of rotatable bonds is 4. The maximum Gasteiger partial charge on any atom is 0.338 e. The van der Waals surface area contributed by atoms with Crippen molar-refractivity contribution in [1.29, 1.82) is 0 Å². The van der Waals surface area contributed by atoms with Crippen molar-refractivity contribution in [2.75, 3.05) is 24.2 Å². The lowest BCUT2D eigenvalue weighted by Crippen LogP contribution is -2.34. The lowest BCUT2D eigenvalue weighted by molar-refractivity contribution is 0.0526. The standard InChI is InChI=1S/C18H21N3O3S/c1-3-24-17(22)13-6-8-14(9-7-13)19-18(23)21-11-12-25-16(21)15-5-4-10-20(15)2/h4-10,16H,3,11-12H2,1-2H3,(H,19,23)/t16-/m1/s1. The number of ether oxygens (including phenoxy) is 1. The SMILES string of the molecule is CCOC(=O)c1ccc(NC(=O)N2CCS[C@@H]2c2cccn2C)cc1. The zero-order chi connectivity index (χ0) is 17.8. The van der Waals surface area contributed by atoms with Gasteiger partial charge >= 0.3 is 12.0 Å². The van der Waals surface area contributed by atoms with E-state index in [1.54, 1.807) is 43.0 Å². The van der Waals surface area contributed by atoms with E-state index < -0.39 is 0 Å². The first kappa shape index (κ1) is 17.4. The second-order valence-corrected chi connectivity index (χ2v) is 6.88. The Labute approximate surface area is 151 Å². The van der Waals surface area contributed by atoms with E-state index in [0.717, 1.165) is 11.4 Å². The molecule has 0 bridgehead atoms. The molecule has 25 heavy (non-hydrogen) atoms. The average molecular weight is 359 g/mol. The summed E-state index contributed by atoms with van der Waals surface area (Å²) in [4.78, 5) is 26.2. The molecule has 2 aromatic rings. The number of anilines is 1. The Bertz CT molecular complexity index is 757. The van der Waals surface area contributed by atoms with Crippen molar-refractivity contribution < 1.29 is 14.3 Å². The third-order valence-corrected chi connectivity index (χ3v) is 5.27. The zero-order valence-electron chi connectivity index (χ0n) is 14.3. The van der Waals surface area contributed by atoms with Gasteiger partial charge in [0.2, 0.25) is 0 Å². The fourth-order valence-electron chi connectivity index (χ4n) is 2.75. The van der Waals surface area contributed by atoms with Crippen molar-refractivity contribution in [1.82, 2.24) is 9.47 Å². The molecule has 1 aliphatic rings. The van der Waals surface area contributed by atoms with Gasteiger partial charge in [0.05, 0.1) is 17.9 Å². The Balaban J connectivity index is 1.67. The Morgan fingerprint density at radius 1 is 1.28 bits per heavy atom. The van der Waals surface area contributed by atoms with Gasteiger partial charge in [0, 0.05) is 31.2 Å². The summed E-state index contributed by atoms with van der Waals surface area (Å²) < 4.78 is 7.00. The van der Waals surface area contributed by atoms with Crippen LogP contribution in [0, 0.1) is 0 Å². The van der Waals surface area contributed by atoms with Crippen molar-refractivity contribution in [2.45, 2.75) is 12.3 Å². The van der Waals surface area contributed by atoms with E-state index in [4.69, 9.17) is 4.74 Å². The molecule has 6 nitrogen and oxygen atoms in total. The molecular weight excluding hydrogens is 338 g/mol. The van der Waals surface area contributed by atoms with Crippen LogP contribution in [0.2, 0.25) is 0 Å². The zero-order valence-corrected chi connectivity index (χ0v) is 15.1. The Morgan fingerprint density at radius 2 is 2.04 bits per heavy atom. The third-order valence-electron chi connectivity index (χ3n) is 4.04. The summed E-state index contributed by atoms with van der Waals surface area (Å²) in [5.41, 5.74) is 2.23. The van der Waals surface area contributed by atoms with E-state index in [2.05, 4.69) is 5.32 Å². The average Bonchev–Trinajstić information content (AvgIpc) is 3.24. The van der Waals surface area contributed by atoms with Crippen LogP contribution in [0.15, 0.2) is 42.6 Å². The smallest absolute Gasteiger partial charge is 0.338 e. The normalized spacial score (nSPS) is 16.7. The first-order valence-electron chi connectivity index (χ1n) is 8.17. The topological polar surface area (TPSA) is 63.6 Å². The minimum Gasteiger partial charge on any atom is -0.462 e. The van der Waals surface area contributed by atoms with E-state index in [1.807, 2.05) is 34.8 Å². The second-order valence-electron chi connectivity index (χ2n) is 5.69. The lowest BCUT2D eigenvalue weighted by atomic mass is 10.2. The summed E-state index contributed by atoms with van der Waals surface area (Å²) in [6.45, 7) is 2.81. The molecule has 1 aromatic carbocycles. The van der Waals surface area contributed by atoms with Crippen LogP contribution in [0.4, 0.5) is 10.5 Å². The molecule has 1 N–H and O–H groups in total. The first-order chi connectivity index (χ1) is 12.1. The number of urea groups is 1.